The van der Waals surface area contributed by atoms with Crippen molar-refractivity contribution in [3.8, 4) is 0 Å². The zero-order valence-electron chi connectivity index (χ0n) is 9.48. The van der Waals surface area contributed by atoms with Gasteiger partial charge in [0.1, 0.15) is 11.6 Å². The van der Waals surface area contributed by atoms with E-state index in [-0.39, 0.29) is 15.9 Å². The lowest BCUT2D eigenvalue weighted by Crippen LogP contribution is -2.01. The van der Waals surface area contributed by atoms with Crippen LogP contribution in [0.15, 0.2) is 34.8 Å². The first-order valence-electron chi connectivity index (χ1n) is 5.29. The molecule has 0 fully saturated rings. The first-order valence-corrected chi connectivity index (χ1v) is 6.84. The molecule has 0 unspecified atom stereocenters. The molecule has 6 heteroatoms. The summed E-state index contributed by atoms with van der Waals surface area (Å²) in [5.41, 5.74) is 1.14. The van der Waals surface area contributed by atoms with Gasteiger partial charge in [0.25, 0.3) is 0 Å². The monoisotopic (exact) mass is 365 g/mol. The molecule has 1 N–H and O–H groups in total. The molecule has 0 aliphatic heterocycles. The fraction of sp³-hybridized carbons (Fsp3) is 0.0769. The maximum Gasteiger partial charge on any atom is 0.137 e. The molecule has 0 radical (unpaired) electrons. The molecule has 0 heterocycles. The highest BCUT2D eigenvalue weighted by molar-refractivity contribution is 9.10. The van der Waals surface area contributed by atoms with Crippen LogP contribution >= 0.6 is 39.1 Å². The fourth-order valence-corrected chi connectivity index (χ4v) is 2.39. The summed E-state index contributed by atoms with van der Waals surface area (Å²) in [5.74, 6) is -0.856. The Hall–Kier alpha value is -0.840. The van der Waals surface area contributed by atoms with Gasteiger partial charge in [-0.2, -0.15) is 0 Å². The quantitative estimate of drug-likeness (QED) is 0.740. The summed E-state index contributed by atoms with van der Waals surface area (Å²) >= 11 is 14.9. The number of halogens is 5. The lowest BCUT2D eigenvalue weighted by Gasteiger charge is -2.11. The number of rotatable bonds is 3. The second kappa shape index (κ2) is 6.07. The maximum atomic E-state index is 13.3. The number of nitrogens with one attached hydrogen (secondary N) is 1. The van der Waals surface area contributed by atoms with Crippen LogP contribution in [-0.4, -0.2) is 0 Å². The van der Waals surface area contributed by atoms with E-state index in [0.29, 0.717) is 16.7 Å². The van der Waals surface area contributed by atoms with Gasteiger partial charge in [-0.15, -0.1) is 0 Å². The smallest absolute Gasteiger partial charge is 0.137 e. The topological polar surface area (TPSA) is 12.0 Å². The van der Waals surface area contributed by atoms with Crippen LogP contribution in [0.25, 0.3) is 0 Å². The predicted molar refractivity (Wildman–Crippen MR) is 77.8 cm³/mol. The van der Waals surface area contributed by atoms with Gasteiger partial charge in [0.15, 0.2) is 0 Å². The summed E-state index contributed by atoms with van der Waals surface area (Å²) in [7, 11) is 0. The van der Waals surface area contributed by atoms with Crippen LogP contribution in [0.5, 0.6) is 0 Å². The average Bonchev–Trinajstić information content (AvgIpc) is 2.32. The van der Waals surface area contributed by atoms with E-state index in [9.17, 15) is 8.78 Å². The standard InChI is InChI=1S/C13H8BrCl2F2N/c14-9-2-1-7(3-12(9)18)6-19-13-10(15)4-8(17)5-11(13)16/h1-5,19H,6H2. The van der Waals surface area contributed by atoms with Gasteiger partial charge in [-0.3, -0.25) is 0 Å². The van der Waals surface area contributed by atoms with Crippen molar-refractivity contribution >= 4 is 44.8 Å². The van der Waals surface area contributed by atoms with E-state index in [2.05, 4.69) is 21.2 Å². The molecule has 0 aliphatic carbocycles. The molecule has 0 saturated carbocycles. The van der Waals surface area contributed by atoms with Gasteiger partial charge in [-0.1, -0.05) is 29.3 Å². The number of hydrogen-bond donors (Lipinski definition) is 1. The Morgan fingerprint density at radius 1 is 1.05 bits per heavy atom. The van der Waals surface area contributed by atoms with E-state index in [0.717, 1.165) is 17.7 Å². The van der Waals surface area contributed by atoms with Crippen molar-refractivity contribution in [1.82, 2.24) is 0 Å². The van der Waals surface area contributed by atoms with Crippen molar-refractivity contribution in [2.45, 2.75) is 6.54 Å². The third-order valence-electron chi connectivity index (χ3n) is 2.46. The number of benzene rings is 2. The summed E-state index contributed by atoms with van der Waals surface area (Å²) < 4.78 is 26.8. The molecule has 0 atom stereocenters. The molecular weight excluding hydrogens is 359 g/mol. The van der Waals surface area contributed by atoms with Crippen molar-refractivity contribution in [2.75, 3.05) is 5.32 Å². The van der Waals surface area contributed by atoms with E-state index in [1.54, 1.807) is 12.1 Å². The molecule has 19 heavy (non-hydrogen) atoms. The maximum absolute atomic E-state index is 13.3. The molecule has 100 valence electrons. The average molecular weight is 367 g/mol. The summed E-state index contributed by atoms with van der Waals surface area (Å²) in [6.45, 7) is 0.329. The zero-order valence-corrected chi connectivity index (χ0v) is 12.6. The molecule has 2 aromatic carbocycles. The molecule has 1 nitrogen and oxygen atoms in total. The van der Waals surface area contributed by atoms with Gasteiger partial charge >= 0.3 is 0 Å². The minimum absolute atomic E-state index is 0.183. The second-order valence-electron chi connectivity index (χ2n) is 3.85. The Morgan fingerprint density at radius 2 is 1.68 bits per heavy atom. The van der Waals surface area contributed by atoms with Crippen molar-refractivity contribution in [1.29, 1.82) is 0 Å². The predicted octanol–water partition coefficient (Wildman–Crippen LogP) is 5.65. The molecular formula is C13H8BrCl2F2N. The van der Waals surface area contributed by atoms with Crippen LogP contribution in [-0.2, 0) is 6.54 Å². The molecule has 0 spiro atoms. The van der Waals surface area contributed by atoms with Gasteiger partial charge in [0.2, 0.25) is 0 Å². The van der Waals surface area contributed by atoms with Crippen LogP contribution in [0.3, 0.4) is 0 Å². The first kappa shape index (κ1) is 14.6. The Morgan fingerprint density at radius 3 is 2.26 bits per heavy atom. The van der Waals surface area contributed by atoms with E-state index in [1.165, 1.54) is 6.07 Å². The van der Waals surface area contributed by atoms with E-state index in [4.69, 9.17) is 23.2 Å². The minimum Gasteiger partial charge on any atom is -0.379 e. The molecule has 0 aliphatic rings. The molecule has 0 aromatic heterocycles. The Kier molecular flexibility index (Phi) is 4.66. The SMILES string of the molecule is Fc1cc(Cl)c(NCc2ccc(Br)c(F)c2)c(Cl)c1. The highest BCUT2D eigenvalue weighted by atomic mass is 79.9. The third-order valence-corrected chi connectivity index (χ3v) is 3.70. The summed E-state index contributed by atoms with van der Waals surface area (Å²) in [6, 6.07) is 7.09. The highest BCUT2D eigenvalue weighted by Crippen LogP contribution is 2.31. The highest BCUT2D eigenvalue weighted by Gasteiger charge is 2.08. The second-order valence-corrected chi connectivity index (χ2v) is 5.52. The van der Waals surface area contributed by atoms with Gasteiger partial charge in [0, 0.05) is 6.54 Å². The van der Waals surface area contributed by atoms with Gasteiger partial charge in [-0.05, 0) is 45.8 Å². The van der Waals surface area contributed by atoms with Crippen molar-refractivity contribution in [3.63, 3.8) is 0 Å². The lowest BCUT2D eigenvalue weighted by molar-refractivity contribution is 0.619. The van der Waals surface area contributed by atoms with E-state index in [1.807, 2.05) is 0 Å². The van der Waals surface area contributed by atoms with Crippen molar-refractivity contribution in [3.05, 3.63) is 62.0 Å². The van der Waals surface area contributed by atoms with Gasteiger partial charge in [-0.25, -0.2) is 8.78 Å². The molecule has 2 aromatic rings. The lowest BCUT2D eigenvalue weighted by atomic mass is 10.2. The van der Waals surface area contributed by atoms with Crippen LogP contribution in [0.4, 0.5) is 14.5 Å². The number of anilines is 1. The van der Waals surface area contributed by atoms with Crippen LogP contribution < -0.4 is 5.32 Å². The minimum atomic E-state index is -0.504. The molecule has 0 bridgehead atoms. The van der Waals surface area contributed by atoms with Crippen LogP contribution in [0.2, 0.25) is 10.0 Å². The van der Waals surface area contributed by atoms with E-state index >= 15 is 0 Å². The molecule has 0 amide bonds. The molecule has 2 rings (SSSR count). The summed E-state index contributed by atoms with van der Waals surface area (Å²) in [5, 5.41) is 3.32. The summed E-state index contributed by atoms with van der Waals surface area (Å²) in [4.78, 5) is 0. The van der Waals surface area contributed by atoms with Crippen LogP contribution in [0.1, 0.15) is 5.56 Å². The Balaban J connectivity index is 2.16. The number of hydrogen-bond acceptors (Lipinski definition) is 1. The van der Waals surface area contributed by atoms with Crippen molar-refractivity contribution in [2.24, 2.45) is 0 Å². The fourth-order valence-electron chi connectivity index (χ4n) is 1.55. The Labute approximate surface area is 127 Å². The largest absolute Gasteiger partial charge is 0.379 e. The zero-order chi connectivity index (χ0) is 14.0. The van der Waals surface area contributed by atoms with Crippen molar-refractivity contribution < 1.29 is 8.78 Å². The van der Waals surface area contributed by atoms with E-state index < -0.39 is 5.82 Å². The first-order chi connectivity index (χ1) is 8.97. The summed E-state index contributed by atoms with van der Waals surface area (Å²) in [6.07, 6.45) is 0. The third kappa shape index (κ3) is 3.59. The van der Waals surface area contributed by atoms with Gasteiger partial charge < -0.3 is 5.32 Å². The normalized spacial score (nSPS) is 10.6. The Bertz CT molecular complexity index is 597. The van der Waals surface area contributed by atoms with Gasteiger partial charge in [0.05, 0.1) is 20.2 Å². The molecule has 0 saturated heterocycles. The van der Waals surface area contributed by atoms with Crippen LogP contribution in [0, 0.1) is 11.6 Å².